The number of piperidine rings is 1. The summed E-state index contributed by atoms with van der Waals surface area (Å²) in [6, 6.07) is -0.203. The number of amides is 2. The fraction of sp³-hybridized carbons (Fsp3) is 0.500. The minimum absolute atomic E-state index is 0.0994. The van der Waals surface area contributed by atoms with Gasteiger partial charge in [-0.3, -0.25) is 10.4 Å². The monoisotopic (exact) mass is 252 g/mol. The highest BCUT2D eigenvalue weighted by atomic mass is 16.4. The van der Waals surface area contributed by atoms with Crippen molar-refractivity contribution < 1.29 is 10.0 Å². The van der Waals surface area contributed by atoms with Crippen LogP contribution >= 0.6 is 0 Å². The van der Waals surface area contributed by atoms with Gasteiger partial charge in [0.1, 0.15) is 5.82 Å². The number of anilines is 1. The Morgan fingerprint density at radius 1 is 1.50 bits per heavy atom. The zero-order valence-electron chi connectivity index (χ0n) is 9.89. The predicted molar refractivity (Wildman–Crippen MR) is 65.5 cm³/mol. The highest BCUT2D eigenvalue weighted by molar-refractivity contribution is 6.04. The van der Waals surface area contributed by atoms with E-state index in [2.05, 4.69) is 20.7 Å². The first kappa shape index (κ1) is 12.2. The molecule has 8 nitrogen and oxygen atoms in total. The van der Waals surface area contributed by atoms with Crippen molar-refractivity contribution in [1.82, 2.24) is 15.1 Å². The minimum atomic E-state index is -0.203. The minimum Gasteiger partial charge on any atom is -0.409 e. The topological polar surface area (TPSA) is 120 Å². The van der Waals surface area contributed by atoms with Gasteiger partial charge in [0.2, 0.25) is 0 Å². The Bertz CT molecular complexity index is 449. The molecule has 0 bridgehead atoms. The molecule has 0 radical (unpaired) electrons. The van der Waals surface area contributed by atoms with Crippen LogP contribution in [0.2, 0.25) is 0 Å². The van der Waals surface area contributed by atoms with Gasteiger partial charge < -0.3 is 15.8 Å². The van der Waals surface area contributed by atoms with Gasteiger partial charge in [-0.2, -0.15) is 5.10 Å². The molecule has 1 saturated heterocycles. The molecule has 1 aromatic rings. The molecule has 8 heteroatoms. The fourth-order valence-corrected chi connectivity index (χ4v) is 1.91. The first-order valence-electron chi connectivity index (χ1n) is 5.79. The van der Waals surface area contributed by atoms with Crippen molar-refractivity contribution in [1.29, 1.82) is 0 Å². The van der Waals surface area contributed by atoms with Crippen molar-refractivity contribution in [2.75, 3.05) is 18.4 Å². The van der Waals surface area contributed by atoms with Gasteiger partial charge >= 0.3 is 6.03 Å². The third-order valence-corrected chi connectivity index (χ3v) is 2.90. The lowest BCUT2D eigenvalue weighted by molar-refractivity contribution is 0.200. The average Bonchev–Trinajstić information content (AvgIpc) is 2.87. The molecule has 98 valence electrons. The number of nitrogens with zero attached hydrogens (tertiary/aromatic N) is 3. The normalized spacial score (nSPS) is 16.7. The van der Waals surface area contributed by atoms with Gasteiger partial charge in [-0.05, 0) is 19.3 Å². The van der Waals surface area contributed by atoms with E-state index in [1.165, 1.54) is 6.20 Å². The number of aromatic nitrogens is 2. The lowest BCUT2D eigenvalue weighted by Crippen LogP contribution is -2.39. The van der Waals surface area contributed by atoms with Crippen LogP contribution in [0.15, 0.2) is 11.4 Å². The first-order chi connectivity index (χ1) is 8.72. The van der Waals surface area contributed by atoms with Gasteiger partial charge in [0.25, 0.3) is 0 Å². The van der Waals surface area contributed by atoms with E-state index in [4.69, 9.17) is 10.9 Å². The lowest BCUT2D eigenvalue weighted by atomic mass is 10.1. The molecule has 1 aliphatic heterocycles. The first-order valence-corrected chi connectivity index (χ1v) is 5.79. The second kappa shape index (κ2) is 5.39. The summed E-state index contributed by atoms with van der Waals surface area (Å²) in [5.74, 6) is 0.235. The second-order valence-electron chi connectivity index (χ2n) is 4.12. The van der Waals surface area contributed by atoms with Crippen molar-refractivity contribution in [2.45, 2.75) is 19.3 Å². The third-order valence-electron chi connectivity index (χ3n) is 2.90. The molecule has 18 heavy (non-hydrogen) atoms. The summed E-state index contributed by atoms with van der Waals surface area (Å²) in [5, 5.41) is 20.5. The van der Waals surface area contributed by atoms with Crippen molar-refractivity contribution in [2.24, 2.45) is 10.9 Å². The second-order valence-corrected chi connectivity index (χ2v) is 4.12. The molecule has 0 atom stereocenters. The maximum absolute atomic E-state index is 12.0. The molecule has 2 amide bonds. The molecule has 0 saturated carbocycles. The molecule has 0 aromatic carbocycles. The average molecular weight is 252 g/mol. The number of amidine groups is 1. The number of oxime groups is 1. The van der Waals surface area contributed by atoms with Gasteiger partial charge in [-0.1, -0.05) is 5.16 Å². The summed E-state index contributed by atoms with van der Waals surface area (Å²) in [6.07, 6.45) is 4.58. The van der Waals surface area contributed by atoms with Gasteiger partial charge in [-0.25, -0.2) is 4.79 Å². The number of rotatable bonds is 2. The van der Waals surface area contributed by atoms with Crippen LogP contribution in [0, 0.1) is 0 Å². The van der Waals surface area contributed by atoms with E-state index in [0.29, 0.717) is 11.4 Å². The highest BCUT2D eigenvalue weighted by Crippen LogP contribution is 2.14. The van der Waals surface area contributed by atoms with Crippen LogP contribution in [-0.4, -0.2) is 45.3 Å². The number of carbonyl (C=O) groups is 1. The number of carbonyl (C=O) groups excluding carboxylic acids is 1. The van der Waals surface area contributed by atoms with Crippen LogP contribution in [0.5, 0.6) is 0 Å². The van der Waals surface area contributed by atoms with Crippen molar-refractivity contribution in [3.05, 3.63) is 11.8 Å². The van der Waals surface area contributed by atoms with Crippen molar-refractivity contribution >= 4 is 17.7 Å². The summed E-state index contributed by atoms with van der Waals surface area (Å²) in [4.78, 5) is 13.7. The molecule has 1 aliphatic rings. The van der Waals surface area contributed by atoms with E-state index >= 15 is 0 Å². The van der Waals surface area contributed by atoms with Crippen LogP contribution < -0.4 is 11.1 Å². The Balaban J connectivity index is 2.05. The molecule has 5 N–H and O–H groups in total. The van der Waals surface area contributed by atoms with Crippen molar-refractivity contribution in [3.63, 3.8) is 0 Å². The number of H-pyrrole nitrogens is 1. The third kappa shape index (κ3) is 2.53. The predicted octanol–water partition coefficient (Wildman–Crippen LogP) is 0.522. The van der Waals surface area contributed by atoms with Crippen LogP contribution in [0.1, 0.15) is 24.8 Å². The van der Waals surface area contributed by atoms with Gasteiger partial charge in [0.15, 0.2) is 5.84 Å². The summed E-state index contributed by atoms with van der Waals surface area (Å²) < 4.78 is 0. The number of hydrogen-bond acceptors (Lipinski definition) is 4. The van der Waals surface area contributed by atoms with E-state index in [1.807, 2.05) is 0 Å². The van der Waals surface area contributed by atoms with Gasteiger partial charge in [0.05, 0.1) is 11.8 Å². The summed E-state index contributed by atoms with van der Waals surface area (Å²) in [5.41, 5.74) is 5.83. The highest BCUT2D eigenvalue weighted by Gasteiger charge is 2.19. The van der Waals surface area contributed by atoms with E-state index in [0.717, 1.165) is 32.4 Å². The zero-order chi connectivity index (χ0) is 13.0. The number of urea groups is 1. The molecule has 0 spiro atoms. The van der Waals surface area contributed by atoms with Crippen LogP contribution in [0.3, 0.4) is 0 Å². The molecule has 0 aliphatic carbocycles. The molecule has 1 aromatic heterocycles. The standard InChI is InChI=1S/C10H16N6O2/c11-8(15-18)7-6-12-14-9(7)13-10(17)16-4-2-1-3-5-16/h6,18H,1-5H2,(H2,11,15)(H2,12,13,14,17). The number of likely N-dealkylation sites (tertiary alicyclic amines) is 1. The molecule has 2 rings (SSSR count). The van der Waals surface area contributed by atoms with Crippen LogP contribution in [0.25, 0.3) is 0 Å². The maximum Gasteiger partial charge on any atom is 0.323 e. The van der Waals surface area contributed by atoms with E-state index in [9.17, 15) is 4.79 Å². The molecular formula is C10H16N6O2. The number of aromatic amines is 1. The van der Waals surface area contributed by atoms with E-state index < -0.39 is 0 Å². The zero-order valence-corrected chi connectivity index (χ0v) is 9.89. The number of hydrogen-bond donors (Lipinski definition) is 4. The fourth-order valence-electron chi connectivity index (χ4n) is 1.91. The summed E-state index contributed by atoms with van der Waals surface area (Å²) in [6.45, 7) is 1.50. The maximum atomic E-state index is 12.0. The lowest BCUT2D eigenvalue weighted by Gasteiger charge is -2.26. The quantitative estimate of drug-likeness (QED) is 0.265. The summed E-state index contributed by atoms with van der Waals surface area (Å²) in [7, 11) is 0. The Morgan fingerprint density at radius 3 is 2.89 bits per heavy atom. The Kier molecular flexibility index (Phi) is 3.66. The Labute approximate surface area is 104 Å². The largest absolute Gasteiger partial charge is 0.409 e. The smallest absolute Gasteiger partial charge is 0.323 e. The molecular weight excluding hydrogens is 236 g/mol. The van der Waals surface area contributed by atoms with E-state index in [1.54, 1.807) is 4.90 Å². The number of nitrogens with two attached hydrogens (primary N) is 1. The molecule has 2 heterocycles. The summed E-state index contributed by atoms with van der Waals surface area (Å²) >= 11 is 0. The van der Waals surface area contributed by atoms with E-state index in [-0.39, 0.29) is 11.9 Å². The Hall–Kier alpha value is -2.25. The van der Waals surface area contributed by atoms with Crippen LogP contribution in [0.4, 0.5) is 10.6 Å². The molecule has 0 unspecified atom stereocenters. The van der Waals surface area contributed by atoms with Crippen LogP contribution in [-0.2, 0) is 0 Å². The SMILES string of the molecule is NC(=NO)c1cn[nH]c1NC(=O)N1CCCCC1. The Morgan fingerprint density at radius 2 is 2.22 bits per heavy atom. The van der Waals surface area contributed by atoms with Gasteiger partial charge in [-0.15, -0.1) is 0 Å². The molecule has 1 fully saturated rings. The van der Waals surface area contributed by atoms with Gasteiger partial charge in [0, 0.05) is 13.1 Å². The number of nitrogens with one attached hydrogen (secondary N) is 2. The van der Waals surface area contributed by atoms with Crippen molar-refractivity contribution in [3.8, 4) is 0 Å².